The second kappa shape index (κ2) is 10.4. The monoisotopic (exact) mass is 460 g/mol. The van der Waals surface area contributed by atoms with E-state index in [2.05, 4.69) is 10.1 Å². The normalized spacial score (nSPS) is 11.4. The number of aromatic amines is 1. The van der Waals surface area contributed by atoms with Crippen LogP contribution in [0.5, 0.6) is 5.75 Å². The Labute approximate surface area is 193 Å². The first-order chi connectivity index (χ1) is 16.1. The van der Waals surface area contributed by atoms with Gasteiger partial charge in [-0.15, -0.1) is 11.3 Å². The van der Waals surface area contributed by atoms with Gasteiger partial charge in [0.05, 0.1) is 10.6 Å². The smallest absolute Gasteiger partial charge is 0.359 e. The molecule has 2 heterocycles. The Hall–Kier alpha value is -4.17. The van der Waals surface area contributed by atoms with Gasteiger partial charge in [0.25, 0.3) is 0 Å². The zero-order chi connectivity index (χ0) is 23.0. The number of hydrogen-bond acceptors (Lipinski definition) is 6. The van der Waals surface area contributed by atoms with E-state index in [4.69, 9.17) is 9.57 Å². The average Bonchev–Trinajstić information content (AvgIpc) is 3.37. The molecule has 0 bridgehead atoms. The highest BCUT2D eigenvalue weighted by atomic mass is 32.1. The van der Waals surface area contributed by atoms with Crippen LogP contribution in [0.25, 0.3) is 0 Å². The van der Waals surface area contributed by atoms with Crippen LogP contribution >= 0.6 is 11.3 Å². The highest BCUT2D eigenvalue weighted by Crippen LogP contribution is 2.26. The first-order valence-corrected chi connectivity index (χ1v) is 10.9. The second-order valence-electron chi connectivity index (χ2n) is 7.00. The number of thiophene rings is 1. The largest absolute Gasteiger partial charge is 0.476 e. The highest BCUT2D eigenvalue weighted by molar-refractivity contribution is 7.13. The number of hydrogen-bond donors (Lipinski definition) is 2. The van der Waals surface area contributed by atoms with Gasteiger partial charge in [-0.1, -0.05) is 71.9 Å². The van der Waals surface area contributed by atoms with Gasteiger partial charge < -0.3 is 19.7 Å². The third-order valence-corrected chi connectivity index (χ3v) is 5.60. The minimum absolute atomic E-state index is 0.0987. The van der Waals surface area contributed by atoms with E-state index in [-0.39, 0.29) is 23.5 Å². The van der Waals surface area contributed by atoms with Gasteiger partial charge in [-0.2, -0.15) is 0 Å². The molecule has 2 N–H and O–H groups in total. The zero-order valence-electron chi connectivity index (χ0n) is 17.4. The lowest BCUT2D eigenvalue weighted by Crippen LogP contribution is -2.16. The van der Waals surface area contributed by atoms with Gasteiger partial charge in [-0.25, -0.2) is 4.79 Å². The van der Waals surface area contributed by atoms with Crippen LogP contribution in [-0.4, -0.2) is 21.8 Å². The maximum atomic E-state index is 12.7. The van der Waals surface area contributed by atoms with Gasteiger partial charge in [0.15, 0.2) is 12.4 Å². The lowest BCUT2D eigenvalue weighted by molar-refractivity contribution is -0.129. The standard InChI is InChI=1S/C25H20N2O5S/c28-20-14-19(16-31-27-23(25(29)30)22-12-7-13-33-22)26-15-21(20)32-24(17-8-3-1-4-9-17)18-10-5-2-6-11-18/h1-15,24H,16H2,(H,26,28)(H,29,30). The topological polar surface area (TPSA) is 101 Å². The number of aromatic nitrogens is 1. The molecule has 4 rings (SSSR count). The Morgan fingerprint density at radius 1 is 1.00 bits per heavy atom. The van der Waals surface area contributed by atoms with E-state index in [0.717, 1.165) is 11.1 Å². The van der Waals surface area contributed by atoms with Crippen molar-refractivity contribution in [2.45, 2.75) is 12.7 Å². The molecule has 2 aromatic carbocycles. The summed E-state index contributed by atoms with van der Waals surface area (Å²) >= 11 is 1.25. The molecule has 166 valence electrons. The van der Waals surface area contributed by atoms with Crippen LogP contribution in [0.2, 0.25) is 0 Å². The van der Waals surface area contributed by atoms with Crippen LogP contribution in [0.4, 0.5) is 0 Å². The third-order valence-electron chi connectivity index (χ3n) is 4.72. The number of carbonyl (C=O) groups is 1. The van der Waals surface area contributed by atoms with E-state index < -0.39 is 12.1 Å². The Balaban J connectivity index is 1.50. The van der Waals surface area contributed by atoms with Gasteiger partial charge in [0, 0.05) is 12.3 Å². The molecule has 0 saturated heterocycles. The minimum atomic E-state index is -1.19. The van der Waals surface area contributed by atoms with Gasteiger partial charge in [-0.3, -0.25) is 4.79 Å². The molecule has 33 heavy (non-hydrogen) atoms. The van der Waals surface area contributed by atoms with Crippen LogP contribution in [0.3, 0.4) is 0 Å². The number of oxime groups is 1. The Morgan fingerprint density at radius 3 is 2.21 bits per heavy atom. The first kappa shape index (κ1) is 22.0. The average molecular weight is 461 g/mol. The number of aliphatic carboxylic acids is 1. The fraction of sp³-hybridized carbons (Fsp3) is 0.0800. The zero-order valence-corrected chi connectivity index (χ0v) is 18.2. The van der Waals surface area contributed by atoms with Crippen molar-refractivity contribution in [3.05, 3.63) is 122 Å². The Bertz CT molecular complexity index is 1250. The Kier molecular flexibility index (Phi) is 6.96. The molecule has 0 atom stereocenters. The van der Waals surface area contributed by atoms with Gasteiger partial charge in [0.1, 0.15) is 6.10 Å². The van der Waals surface area contributed by atoms with Crippen molar-refractivity contribution < 1.29 is 19.5 Å². The van der Waals surface area contributed by atoms with Crippen molar-refractivity contribution in [3.63, 3.8) is 0 Å². The molecule has 0 aliphatic rings. The summed E-state index contributed by atoms with van der Waals surface area (Å²) in [6.07, 6.45) is 1.02. The second-order valence-corrected chi connectivity index (χ2v) is 7.95. The number of nitrogens with one attached hydrogen (secondary N) is 1. The summed E-state index contributed by atoms with van der Waals surface area (Å²) in [6.45, 7) is -0.0987. The van der Waals surface area contributed by atoms with E-state index >= 15 is 0 Å². The maximum Gasteiger partial charge on any atom is 0.359 e. The number of carboxylic acids is 1. The van der Waals surface area contributed by atoms with Crippen molar-refractivity contribution in [2.75, 3.05) is 0 Å². The predicted octanol–water partition coefficient (Wildman–Crippen LogP) is 4.61. The van der Waals surface area contributed by atoms with Crippen LogP contribution < -0.4 is 10.2 Å². The molecule has 0 amide bonds. The molecule has 4 aromatic rings. The predicted molar refractivity (Wildman–Crippen MR) is 126 cm³/mol. The molecular formula is C25H20N2O5S. The van der Waals surface area contributed by atoms with Crippen LogP contribution in [-0.2, 0) is 16.2 Å². The SMILES string of the molecule is O=C(O)C(=NOCc1cc(=O)c(OC(c2ccccc2)c2ccccc2)c[nH]1)c1cccs1. The maximum absolute atomic E-state index is 12.7. The molecule has 7 nitrogen and oxygen atoms in total. The number of carboxylic acid groups (broad SMARTS) is 1. The first-order valence-electron chi connectivity index (χ1n) is 10.1. The summed E-state index contributed by atoms with van der Waals surface area (Å²) in [7, 11) is 0. The summed E-state index contributed by atoms with van der Waals surface area (Å²) in [4.78, 5) is 32.7. The number of H-pyrrole nitrogens is 1. The number of ether oxygens (including phenoxy) is 1. The number of nitrogens with zero attached hydrogens (tertiary/aromatic N) is 1. The van der Waals surface area contributed by atoms with Crippen molar-refractivity contribution in [1.29, 1.82) is 0 Å². The summed E-state index contributed by atoms with van der Waals surface area (Å²) in [5, 5.41) is 14.8. The van der Waals surface area contributed by atoms with Crippen LogP contribution in [0, 0.1) is 0 Å². The lowest BCUT2D eigenvalue weighted by Gasteiger charge is -2.19. The molecule has 0 aliphatic heterocycles. The minimum Gasteiger partial charge on any atom is -0.476 e. The molecule has 8 heteroatoms. The highest BCUT2D eigenvalue weighted by Gasteiger charge is 2.18. The van der Waals surface area contributed by atoms with E-state index in [9.17, 15) is 14.7 Å². The van der Waals surface area contributed by atoms with Crippen LogP contribution in [0.15, 0.2) is 100 Å². The van der Waals surface area contributed by atoms with E-state index in [1.165, 1.54) is 23.6 Å². The Morgan fingerprint density at radius 2 is 1.67 bits per heavy atom. The van der Waals surface area contributed by atoms with E-state index in [1.807, 2.05) is 60.7 Å². The van der Waals surface area contributed by atoms with Gasteiger partial charge in [0.2, 0.25) is 11.1 Å². The molecular weight excluding hydrogens is 440 g/mol. The lowest BCUT2D eigenvalue weighted by atomic mass is 10.0. The summed E-state index contributed by atoms with van der Waals surface area (Å²) < 4.78 is 6.11. The van der Waals surface area contributed by atoms with E-state index in [1.54, 1.807) is 17.5 Å². The fourth-order valence-corrected chi connectivity index (χ4v) is 3.85. The number of pyridine rings is 1. The summed E-state index contributed by atoms with van der Waals surface area (Å²) in [5.74, 6) is -1.03. The quantitative estimate of drug-likeness (QED) is 0.281. The van der Waals surface area contributed by atoms with Crippen molar-refractivity contribution in [1.82, 2.24) is 4.98 Å². The molecule has 0 aliphatic carbocycles. The summed E-state index contributed by atoms with van der Waals surface area (Å²) in [6, 6.07) is 24.0. The van der Waals surface area contributed by atoms with Gasteiger partial charge in [-0.05, 0) is 22.6 Å². The van der Waals surface area contributed by atoms with Gasteiger partial charge >= 0.3 is 5.97 Å². The molecule has 2 aromatic heterocycles. The van der Waals surface area contributed by atoms with Crippen LogP contribution in [0.1, 0.15) is 27.8 Å². The number of benzene rings is 2. The van der Waals surface area contributed by atoms with Crippen molar-refractivity contribution in [2.24, 2.45) is 5.16 Å². The molecule has 0 radical (unpaired) electrons. The molecule has 0 unspecified atom stereocenters. The number of rotatable bonds is 9. The molecule has 0 fully saturated rings. The van der Waals surface area contributed by atoms with Crippen molar-refractivity contribution >= 4 is 23.0 Å². The third kappa shape index (κ3) is 5.55. The van der Waals surface area contributed by atoms with E-state index in [0.29, 0.717) is 10.6 Å². The fourth-order valence-electron chi connectivity index (χ4n) is 3.16. The molecule has 0 spiro atoms. The van der Waals surface area contributed by atoms with Crippen molar-refractivity contribution in [3.8, 4) is 5.75 Å². The summed E-state index contributed by atoms with van der Waals surface area (Å²) in [5.41, 5.74) is 1.74. The molecule has 0 saturated carbocycles.